The maximum absolute atomic E-state index is 12.2. The molecule has 0 radical (unpaired) electrons. The lowest BCUT2D eigenvalue weighted by molar-refractivity contribution is -0.122. The normalized spacial score (nSPS) is 11.8. The highest BCUT2D eigenvalue weighted by atomic mass is 16.5. The van der Waals surface area contributed by atoms with E-state index in [1.165, 1.54) is 22.3 Å². The molecule has 0 unspecified atom stereocenters. The first-order chi connectivity index (χ1) is 12.0. The highest BCUT2D eigenvalue weighted by Crippen LogP contribution is 2.20. The molecule has 1 amide bonds. The van der Waals surface area contributed by atoms with Gasteiger partial charge >= 0.3 is 0 Å². The minimum Gasteiger partial charge on any atom is -0.494 e. The van der Waals surface area contributed by atoms with E-state index < -0.39 is 0 Å². The zero-order valence-corrected chi connectivity index (χ0v) is 15.8. The van der Waals surface area contributed by atoms with E-state index in [2.05, 4.69) is 44.3 Å². The quantitative estimate of drug-likeness (QED) is 0.684. The van der Waals surface area contributed by atoms with Crippen molar-refractivity contribution in [1.29, 1.82) is 0 Å². The van der Waals surface area contributed by atoms with Crippen molar-refractivity contribution in [3.05, 3.63) is 64.7 Å². The Morgan fingerprint density at radius 1 is 1.04 bits per heavy atom. The van der Waals surface area contributed by atoms with Gasteiger partial charge in [-0.1, -0.05) is 42.8 Å². The number of rotatable bonds is 8. The van der Waals surface area contributed by atoms with Crippen molar-refractivity contribution in [3.8, 4) is 5.75 Å². The molecule has 3 heteroatoms. The van der Waals surface area contributed by atoms with E-state index in [-0.39, 0.29) is 11.9 Å². The zero-order chi connectivity index (χ0) is 18.2. The molecule has 134 valence electrons. The monoisotopic (exact) mass is 339 g/mol. The Morgan fingerprint density at radius 2 is 1.76 bits per heavy atom. The van der Waals surface area contributed by atoms with Crippen LogP contribution in [0.3, 0.4) is 0 Å². The predicted molar refractivity (Wildman–Crippen MR) is 103 cm³/mol. The zero-order valence-electron chi connectivity index (χ0n) is 15.8. The third kappa shape index (κ3) is 5.93. The van der Waals surface area contributed by atoms with E-state index >= 15 is 0 Å². The Morgan fingerprint density at radius 3 is 2.40 bits per heavy atom. The molecule has 2 aromatic carbocycles. The molecule has 0 saturated heterocycles. The first-order valence-corrected chi connectivity index (χ1v) is 9.05. The fourth-order valence-corrected chi connectivity index (χ4v) is 2.73. The van der Waals surface area contributed by atoms with Gasteiger partial charge in [-0.25, -0.2) is 0 Å². The lowest BCUT2D eigenvalue weighted by Gasteiger charge is -2.18. The van der Waals surface area contributed by atoms with Crippen LogP contribution in [0, 0.1) is 20.8 Å². The maximum Gasteiger partial charge on any atom is 0.220 e. The topological polar surface area (TPSA) is 38.3 Å². The summed E-state index contributed by atoms with van der Waals surface area (Å²) in [7, 11) is 0. The van der Waals surface area contributed by atoms with Crippen LogP contribution in [0.1, 0.15) is 54.5 Å². The van der Waals surface area contributed by atoms with Crippen molar-refractivity contribution in [2.45, 2.75) is 53.0 Å². The van der Waals surface area contributed by atoms with Gasteiger partial charge in [0.1, 0.15) is 5.75 Å². The Labute approximate surface area is 151 Å². The van der Waals surface area contributed by atoms with Gasteiger partial charge in [0.2, 0.25) is 5.91 Å². The second kappa shape index (κ2) is 9.26. The summed E-state index contributed by atoms with van der Waals surface area (Å²) in [6.07, 6.45) is 2.07. The highest BCUT2D eigenvalue weighted by molar-refractivity contribution is 5.76. The minimum absolute atomic E-state index is 0.0739. The van der Waals surface area contributed by atoms with E-state index in [9.17, 15) is 4.79 Å². The molecule has 2 rings (SSSR count). The molecule has 3 nitrogen and oxygen atoms in total. The number of hydrogen-bond donors (Lipinski definition) is 1. The van der Waals surface area contributed by atoms with Crippen LogP contribution in [0.4, 0.5) is 0 Å². The van der Waals surface area contributed by atoms with E-state index in [4.69, 9.17) is 4.74 Å². The van der Waals surface area contributed by atoms with E-state index in [1.54, 1.807) is 0 Å². The molecule has 0 spiro atoms. The second-order valence-electron chi connectivity index (χ2n) is 6.64. The van der Waals surface area contributed by atoms with Crippen LogP contribution < -0.4 is 10.1 Å². The second-order valence-corrected chi connectivity index (χ2v) is 6.64. The number of benzene rings is 2. The molecule has 1 N–H and O–H groups in total. The van der Waals surface area contributed by atoms with Crippen LogP contribution >= 0.6 is 0 Å². The van der Waals surface area contributed by atoms with Crippen molar-refractivity contribution in [2.75, 3.05) is 6.61 Å². The lowest BCUT2D eigenvalue weighted by Crippen LogP contribution is -2.28. The number of ether oxygens (including phenoxy) is 1. The predicted octanol–water partition coefficient (Wildman–Crippen LogP) is 5.04. The molecule has 0 saturated carbocycles. The van der Waals surface area contributed by atoms with Crippen LogP contribution in [0.2, 0.25) is 0 Å². The molecular weight excluding hydrogens is 310 g/mol. The first kappa shape index (κ1) is 19.0. The summed E-state index contributed by atoms with van der Waals surface area (Å²) in [5, 5.41) is 3.14. The van der Waals surface area contributed by atoms with Crippen molar-refractivity contribution in [3.63, 3.8) is 0 Å². The average Bonchev–Trinajstić information content (AvgIpc) is 2.60. The molecule has 2 aromatic rings. The summed E-state index contributed by atoms with van der Waals surface area (Å²) in [6, 6.07) is 14.4. The average molecular weight is 339 g/mol. The van der Waals surface area contributed by atoms with Crippen molar-refractivity contribution in [2.24, 2.45) is 0 Å². The Hall–Kier alpha value is -2.29. The van der Waals surface area contributed by atoms with Crippen molar-refractivity contribution < 1.29 is 9.53 Å². The molecular formula is C22H29NO2. The molecule has 0 aromatic heterocycles. The Kier molecular flexibility index (Phi) is 7.05. The summed E-state index contributed by atoms with van der Waals surface area (Å²) in [5.74, 6) is 0.935. The first-order valence-electron chi connectivity index (χ1n) is 9.05. The summed E-state index contributed by atoms with van der Waals surface area (Å²) < 4.78 is 5.68. The van der Waals surface area contributed by atoms with Crippen molar-refractivity contribution >= 4 is 5.91 Å². The van der Waals surface area contributed by atoms with Gasteiger partial charge in [0, 0.05) is 6.42 Å². The summed E-state index contributed by atoms with van der Waals surface area (Å²) in [5.41, 5.74) is 4.92. The van der Waals surface area contributed by atoms with Crippen LogP contribution in [-0.4, -0.2) is 12.5 Å². The van der Waals surface area contributed by atoms with Gasteiger partial charge in [0.15, 0.2) is 0 Å². The van der Waals surface area contributed by atoms with E-state index in [0.717, 1.165) is 12.2 Å². The third-order valence-corrected chi connectivity index (χ3v) is 4.51. The Balaban J connectivity index is 1.77. The molecule has 0 fully saturated rings. The van der Waals surface area contributed by atoms with Crippen LogP contribution in [0.15, 0.2) is 42.5 Å². The van der Waals surface area contributed by atoms with Crippen LogP contribution in [-0.2, 0) is 4.79 Å². The maximum atomic E-state index is 12.2. The van der Waals surface area contributed by atoms with Gasteiger partial charge in [-0.05, 0) is 62.4 Å². The summed E-state index contributed by atoms with van der Waals surface area (Å²) in [4.78, 5) is 12.2. The molecule has 0 bridgehead atoms. The number of amides is 1. The molecule has 25 heavy (non-hydrogen) atoms. The number of aryl methyl sites for hydroxylation is 3. The minimum atomic E-state index is 0.0739. The number of carbonyl (C=O) groups is 1. The fourth-order valence-electron chi connectivity index (χ4n) is 2.73. The van der Waals surface area contributed by atoms with Gasteiger partial charge in [-0.15, -0.1) is 0 Å². The number of nitrogens with one attached hydrogen (secondary N) is 1. The fraction of sp³-hybridized carbons (Fsp3) is 0.409. The number of carbonyl (C=O) groups excluding carboxylic acids is 1. The largest absolute Gasteiger partial charge is 0.494 e. The number of hydrogen-bond acceptors (Lipinski definition) is 2. The Bertz CT molecular complexity index is 692. The van der Waals surface area contributed by atoms with Gasteiger partial charge in [-0.3, -0.25) is 4.79 Å². The van der Waals surface area contributed by atoms with Gasteiger partial charge < -0.3 is 10.1 Å². The highest BCUT2D eigenvalue weighted by Gasteiger charge is 2.13. The third-order valence-electron chi connectivity index (χ3n) is 4.51. The van der Waals surface area contributed by atoms with Crippen molar-refractivity contribution in [1.82, 2.24) is 5.32 Å². The summed E-state index contributed by atoms with van der Waals surface area (Å²) in [6.45, 7) is 8.91. The van der Waals surface area contributed by atoms with E-state index in [1.807, 2.05) is 31.2 Å². The SMILES string of the molecule is CC[C@@H](NC(=O)CCCOc1ccc(C)cc1)c1ccc(C)c(C)c1. The summed E-state index contributed by atoms with van der Waals surface area (Å²) >= 11 is 0. The van der Waals surface area contributed by atoms with Crippen LogP contribution in [0.5, 0.6) is 5.75 Å². The standard InChI is InChI=1S/C22H29NO2/c1-5-21(19-11-10-17(3)18(4)15-19)23-22(24)7-6-14-25-20-12-8-16(2)9-13-20/h8-13,15,21H,5-7,14H2,1-4H3,(H,23,24)/t21-/m1/s1. The van der Waals surface area contributed by atoms with Crippen LogP contribution in [0.25, 0.3) is 0 Å². The van der Waals surface area contributed by atoms with Gasteiger partial charge in [0.05, 0.1) is 12.6 Å². The van der Waals surface area contributed by atoms with Gasteiger partial charge in [0.25, 0.3) is 0 Å². The van der Waals surface area contributed by atoms with E-state index in [0.29, 0.717) is 19.4 Å². The smallest absolute Gasteiger partial charge is 0.220 e. The van der Waals surface area contributed by atoms with Gasteiger partial charge in [-0.2, -0.15) is 0 Å². The molecule has 0 heterocycles. The molecule has 1 atom stereocenters. The lowest BCUT2D eigenvalue weighted by atomic mass is 9.99. The molecule has 0 aliphatic heterocycles. The molecule has 0 aliphatic carbocycles. The molecule has 0 aliphatic rings.